The minimum atomic E-state index is -0.562. The van der Waals surface area contributed by atoms with E-state index in [1.54, 1.807) is 0 Å². The molecule has 2 unspecified atom stereocenters. The molecular formula is C35H31N3O2. The summed E-state index contributed by atoms with van der Waals surface area (Å²) in [5.41, 5.74) is 3.92. The minimum absolute atomic E-state index is 0.0513. The van der Waals surface area contributed by atoms with Crippen LogP contribution in [0.15, 0.2) is 91.0 Å². The Morgan fingerprint density at radius 2 is 0.925 bits per heavy atom. The quantitative estimate of drug-likeness (QED) is 0.259. The van der Waals surface area contributed by atoms with Crippen LogP contribution in [0, 0.1) is 16.2 Å². The van der Waals surface area contributed by atoms with Crippen LogP contribution in [-0.4, -0.2) is 21.8 Å². The number of rotatable bonds is 4. The molecule has 3 aromatic carbocycles. The number of aromatic nitrogens is 2. The highest BCUT2D eigenvalue weighted by Gasteiger charge is 2.96. The maximum absolute atomic E-state index is 14.5. The van der Waals surface area contributed by atoms with E-state index in [9.17, 15) is 9.59 Å². The summed E-state index contributed by atoms with van der Waals surface area (Å²) >= 11 is 0. The molecule has 1 aliphatic heterocycles. The summed E-state index contributed by atoms with van der Waals surface area (Å²) in [6, 6.07) is 30.2. The van der Waals surface area contributed by atoms with E-state index >= 15 is 0 Å². The Labute approximate surface area is 234 Å². The third kappa shape index (κ3) is 2.78. The van der Waals surface area contributed by atoms with Crippen molar-refractivity contribution in [2.45, 2.75) is 51.4 Å². The molecule has 2 atom stereocenters. The summed E-state index contributed by atoms with van der Waals surface area (Å²) in [6.45, 7) is 0. The Bertz CT molecular complexity index is 1550. The van der Waals surface area contributed by atoms with Crippen molar-refractivity contribution in [1.29, 1.82) is 0 Å². The highest BCUT2D eigenvalue weighted by Crippen LogP contribution is 2.91. The smallest absolute Gasteiger partial charge is 0.244 e. The van der Waals surface area contributed by atoms with Crippen molar-refractivity contribution in [2.75, 3.05) is 4.90 Å². The third-order valence-electron chi connectivity index (χ3n) is 10.5. The Morgan fingerprint density at radius 3 is 1.38 bits per heavy atom. The molecule has 0 bridgehead atoms. The standard InChI is InChI=1S/C35H31N3O2/c39-30-34-22-12-10-20-33(34)21-11-13-23-35(33,34)31(40)38(30)32-36-28(25-16-6-2-7-17-25)27(24-14-4-1-5-15-24)29(37-32)26-18-8-3-9-19-26/h1-9,14-19H,10-13,20-23H2. The predicted molar refractivity (Wildman–Crippen MR) is 155 cm³/mol. The van der Waals surface area contributed by atoms with E-state index in [0.29, 0.717) is 0 Å². The summed E-state index contributed by atoms with van der Waals surface area (Å²) < 4.78 is 0. The van der Waals surface area contributed by atoms with Gasteiger partial charge < -0.3 is 0 Å². The van der Waals surface area contributed by atoms with Gasteiger partial charge >= 0.3 is 0 Å². The average Bonchev–Trinajstić information content (AvgIpc) is 3.56. The van der Waals surface area contributed by atoms with Crippen molar-refractivity contribution in [2.24, 2.45) is 16.2 Å². The van der Waals surface area contributed by atoms with Gasteiger partial charge in [-0.25, -0.2) is 14.9 Å². The first-order valence-corrected chi connectivity index (χ1v) is 14.6. The number of amides is 2. The van der Waals surface area contributed by atoms with Crippen LogP contribution in [-0.2, 0) is 9.59 Å². The summed E-state index contributed by atoms with van der Waals surface area (Å²) in [6.07, 6.45) is 7.86. The molecule has 0 N–H and O–H groups in total. The Hall–Kier alpha value is -4.12. The van der Waals surface area contributed by atoms with Crippen LogP contribution >= 0.6 is 0 Å². The molecule has 2 heterocycles. The van der Waals surface area contributed by atoms with Crippen LogP contribution in [0.4, 0.5) is 5.95 Å². The van der Waals surface area contributed by atoms with E-state index in [1.165, 1.54) is 4.90 Å². The van der Waals surface area contributed by atoms with E-state index in [-0.39, 0.29) is 23.2 Å². The van der Waals surface area contributed by atoms with Gasteiger partial charge in [0.15, 0.2) is 0 Å². The van der Waals surface area contributed by atoms with Crippen LogP contribution in [0.5, 0.6) is 0 Å². The summed E-state index contributed by atoms with van der Waals surface area (Å²) in [5.74, 6) is 0.113. The van der Waals surface area contributed by atoms with Gasteiger partial charge in [-0.1, -0.05) is 117 Å². The van der Waals surface area contributed by atoms with Gasteiger partial charge in [0.1, 0.15) is 0 Å². The normalized spacial score (nSPS) is 28.6. The number of imide groups is 1. The third-order valence-corrected chi connectivity index (χ3v) is 10.5. The molecule has 40 heavy (non-hydrogen) atoms. The Kier molecular flexibility index (Phi) is 5.01. The molecule has 4 fully saturated rings. The van der Waals surface area contributed by atoms with E-state index in [2.05, 4.69) is 12.1 Å². The number of carbonyl (C=O) groups is 2. The fraction of sp³-hybridized carbons (Fsp3) is 0.314. The molecule has 5 nitrogen and oxygen atoms in total. The molecule has 1 aromatic heterocycles. The zero-order chi connectivity index (χ0) is 27.0. The van der Waals surface area contributed by atoms with Gasteiger partial charge in [-0.2, -0.15) is 0 Å². The lowest BCUT2D eigenvalue weighted by atomic mass is 9.73. The molecule has 4 aromatic rings. The van der Waals surface area contributed by atoms with Gasteiger partial charge in [0.2, 0.25) is 17.8 Å². The zero-order valence-corrected chi connectivity index (χ0v) is 22.5. The molecule has 8 rings (SSSR count). The molecule has 3 aliphatic carbocycles. The van der Waals surface area contributed by atoms with Gasteiger partial charge in [-0.15, -0.1) is 0 Å². The molecule has 5 heteroatoms. The van der Waals surface area contributed by atoms with Crippen LogP contribution in [0.2, 0.25) is 0 Å². The number of nitrogens with zero attached hydrogens (tertiary/aromatic N) is 3. The largest absolute Gasteiger partial charge is 0.273 e. The van der Waals surface area contributed by atoms with Gasteiger partial charge in [0.25, 0.3) is 0 Å². The summed E-state index contributed by atoms with van der Waals surface area (Å²) in [4.78, 5) is 40.6. The number of hydrogen-bond donors (Lipinski definition) is 0. The highest BCUT2D eigenvalue weighted by atomic mass is 16.2. The fourth-order valence-corrected chi connectivity index (χ4v) is 9.05. The molecule has 198 valence electrons. The maximum atomic E-state index is 14.5. The number of anilines is 1. The molecule has 2 amide bonds. The first-order valence-electron chi connectivity index (χ1n) is 14.6. The molecule has 3 saturated carbocycles. The number of piperidine rings is 1. The highest BCUT2D eigenvalue weighted by molar-refractivity contribution is 6.29. The van der Waals surface area contributed by atoms with Gasteiger partial charge in [0, 0.05) is 22.1 Å². The van der Waals surface area contributed by atoms with Crippen molar-refractivity contribution in [3.63, 3.8) is 0 Å². The van der Waals surface area contributed by atoms with Crippen molar-refractivity contribution >= 4 is 17.8 Å². The van der Waals surface area contributed by atoms with Crippen LogP contribution in [0.3, 0.4) is 0 Å². The monoisotopic (exact) mass is 525 g/mol. The van der Waals surface area contributed by atoms with E-state index in [0.717, 1.165) is 85.0 Å². The average molecular weight is 526 g/mol. The fourth-order valence-electron chi connectivity index (χ4n) is 9.05. The molecule has 4 aliphatic rings. The molecular weight excluding hydrogens is 494 g/mol. The van der Waals surface area contributed by atoms with Crippen molar-refractivity contribution in [1.82, 2.24) is 9.97 Å². The predicted octanol–water partition coefficient (Wildman–Crippen LogP) is 7.47. The topological polar surface area (TPSA) is 63.2 Å². The van der Waals surface area contributed by atoms with Gasteiger partial charge in [-0.3, -0.25) is 9.59 Å². The SMILES string of the molecule is O=C1N(c2nc(-c3ccccc3)c(-c3ccccc3)c(-c3ccccc3)n2)C(=O)C23CCCCC24CCCCC143. The van der Waals surface area contributed by atoms with Crippen LogP contribution < -0.4 is 4.90 Å². The number of hydrogen-bond acceptors (Lipinski definition) is 4. The Morgan fingerprint density at radius 1 is 0.525 bits per heavy atom. The van der Waals surface area contributed by atoms with Crippen LogP contribution in [0.1, 0.15) is 51.4 Å². The van der Waals surface area contributed by atoms with E-state index < -0.39 is 10.8 Å². The summed E-state index contributed by atoms with van der Waals surface area (Å²) in [7, 11) is 0. The lowest BCUT2D eigenvalue weighted by molar-refractivity contribution is -0.129. The molecule has 1 saturated heterocycles. The second-order valence-electron chi connectivity index (χ2n) is 11.9. The first-order chi connectivity index (χ1) is 19.6. The van der Waals surface area contributed by atoms with Crippen molar-refractivity contribution < 1.29 is 9.59 Å². The lowest BCUT2D eigenvalue weighted by Crippen LogP contribution is -2.45. The second kappa shape index (κ2) is 8.44. The van der Waals surface area contributed by atoms with Crippen molar-refractivity contribution in [3.8, 4) is 33.6 Å². The van der Waals surface area contributed by atoms with E-state index in [4.69, 9.17) is 9.97 Å². The van der Waals surface area contributed by atoms with Gasteiger partial charge in [-0.05, 0) is 31.2 Å². The maximum Gasteiger partial charge on any atom is 0.244 e. The first kappa shape index (κ1) is 23.7. The Balaban J connectivity index is 1.37. The molecule has 0 radical (unpaired) electrons. The van der Waals surface area contributed by atoms with E-state index in [1.807, 2.05) is 78.9 Å². The zero-order valence-electron chi connectivity index (χ0n) is 22.5. The lowest BCUT2D eigenvalue weighted by Gasteiger charge is -2.35. The minimum Gasteiger partial charge on any atom is -0.273 e. The van der Waals surface area contributed by atoms with Crippen LogP contribution in [0.25, 0.3) is 33.6 Å². The molecule has 3 spiro atoms. The van der Waals surface area contributed by atoms with Gasteiger partial charge in [0.05, 0.1) is 22.2 Å². The number of carbonyl (C=O) groups excluding carboxylic acids is 2. The van der Waals surface area contributed by atoms with Crippen molar-refractivity contribution in [3.05, 3.63) is 91.0 Å². The second-order valence-corrected chi connectivity index (χ2v) is 11.9. The summed E-state index contributed by atoms with van der Waals surface area (Å²) in [5, 5.41) is 0. The number of benzene rings is 3.